The van der Waals surface area contributed by atoms with E-state index in [2.05, 4.69) is 41.9 Å². The van der Waals surface area contributed by atoms with Crippen molar-refractivity contribution in [2.75, 3.05) is 0 Å². The Labute approximate surface area is 174 Å². The number of hydrogen-bond donors (Lipinski definition) is 3. The van der Waals surface area contributed by atoms with E-state index in [1.54, 1.807) is 0 Å². The number of carbonyl (C=O) groups is 2. The molecule has 156 valence electrons. The fourth-order valence-corrected chi connectivity index (χ4v) is 4.16. The van der Waals surface area contributed by atoms with Crippen LogP contribution in [-0.4, -0.2) is 29.9 Å². The topological polar surface area (TPSA) is 70.2 Å². The number of halogens is 1. The van der Waals surface area contributed by atoms with Crippen LogP contribution in [0.15, 0.2) is 24.3 Å². The lowest BCUT2D eigenvalue weighted by Crippen LogP contribution is -2.55. The molecule has 1 saturated carbocycles. The van der Waals surface area contributed by atoms with Crippen molar-refractivity contribution in [1.82, 2.24) is 16.0 Å². The van der Waals surface area contributed by atoms with Gasteiger partial charge in [-0.05, 0) is 42.7 Å². The van der Waals surface area contributed by atoms with Crippen molar-refractivity contribution >= 4 is 24.2 Å². The zero-order valence-corrected chi connectivity index (χ0v) is 17.8. The maximum absolute atomic E-state index is 12.8. The minimum Gasteiger partial charge on any atom is -0.352 e. The summed E-state index contributed by atoms with van der Waals surface area (Å²) in [6, 6.07) is 7.73. The molecule has 0 bridgehead atoms. The number of carbonyl (C=O) groups excluding carboxylic acids is 2. The molecule has 28 heavy (non-hydrogen) atoms. The molecule has 1 aliphatic heterocycles. The van der Waals surface area contributed by atoms with Crippen LogP contribution in [0.4, 0.5) is 0 Å². The highest BCUT2D eigenvalue weighted by atomic mass is 35.5. The zero-order chi connectivity index (χ0) is 19.2. The zero-order valence-electron chi connectivity index (χ0n) is 17.0. The molecule has 0 unspecified atom stereocenters. The third-order valence-electron chi connectivity index (χ3n) is 5.69. The number of hydrogen-bond acceptors (Lipinski definition) is 3. The summed E-state index contributed by atoms with van der Waals surface area (Å²) in [6.07, 6.45) is 7.04. The second-order valence-corrected chi connectivity index (χ2v) is 8.44. The highest BCUT2D eigenvalue weighted by Gasteiger charge is 2.29. The van der Waals surface area contributed by atoms with Gasteiger partial charge >= 0.3 is 0 Å². The fraction of sp³-hybridized carbons (Fsp3) is 0.636. The predicted molar refractivity (Wildman–Crippen MR) is 114 cm³/mol. The Balaban J connectivity index is 0.00000280. The summed E-state index contributed by atoms with van der Waals surface area (Å²) < 4.78 is 0. The van der Waals surface area contributed by atoms with E-state index >= 15 is 0 Å². The highest BCUT2D eigenvalue weighted by molar-refractivity contribution is 5.90. The van der Waals surface area contributed by atoms with Gasteiger partial charge in [-0.25, -0.2) is 0 Å². The van der Waals surface area contributed by atoms with Crippen molar-refractivity contribution in [2.45, 2.75) is 83.5 Å². The van der Waals surface area contributed by atoms with Crippen molar-refractivity contribution in [3.63, 3.8) is 0 Å². The number of nitrogens with one attached hydrogen (secondary N) is 3. The fourth-order valence-electron chi connectivity index (χ4n) is 4.16. The lowest BCUT2D eigenvalue weighted by Gasteiger charge is -2.29. The van der Waals surface area contributed by atoms with E-state index < -0.39 is 6.04 Å². The molecule has 1 aromatic rings. The Morgan fingerprint density at radius 1 is 1.11 bits per heavy atom. The maximum Gasteiger partial charge on any atom is 0.242 e. The molecule has 3 N–H and O–H groups in total. The smallest absolute Gasteiger partial charge is 0.242 e. The molecule has 1 aromatic carbocycles. The van der Waals surface area contributed by atoms with E-state index in [0.29, 0.717) is 25.3 Å². The van der Waals surface area contributed by atoms with Crippen LogP contribution in [0.1, 0.15) is 63.5 Å². The molecular formula is C22H34ClN3O2. The van der Waals surface area contributed by atoms with Crippen LogP contribution >= 0.6 is 12.4 Å². The van der Waals surface area contributed by atoms with Crippen LogP contribution in [0.25, 0.3) is 0 Å². The van der Waals surface area contributed by atoms with Gasteiger partial charge in [0.05, 0.1) is 6.04 Å². The summed E-state index contributed by atoms with van der Waals surface area (Å²) in [4.78, 5) is 25.7. The molecule has 0 spiro atoms. The van der Waals surface area contributed by atoms with Gasteiger partial charge in [0.15, 0.2) is 0 Å². The Morgan fingerprint density at radius 2 is 1.79 bits per heavy atom. The summed E-state index contributed by atoms with van der Waals surface area (Å²) in [5.41, 5.74) is 2.46. The number of rotatable bonds is 6. The van der Waals surface area contributed by atoms with E-state index in [9.17, 15) is 9.59 Å². The minimum absolute atomic E-state index is 0. The molecule has 1 aliphatic carbocycles. The molecular weight excluding hydrogens is 374 g/mol. The molecule has 0 aromatic heterocycles. The van der Waals surface area contributed by atoms with Gasteiger partial charge in [0.25, 0.3) is 0 Å². The van der Waals surface area contributed by atoms with Gasteiger partial charge in [-0.3, -0.25) is 9.59 Å². The van der Waals surface area contributed by atoms with E-state index in [4.69, 9.17) is 0 Å². The van der Waals surface area contributed by atoms with Gasteiger partial charge in [-0.1, -0.05) is 57.4 Å². The van der Waals surface area contributed by atoms with Crippen LogP contribution in [-0.2, 0) is 22.6 Å². The van der Waals surface area contributed by atoms with E-state index in [1.165, 1.54) is 30.4 Å². The minimum atomic E-state index is -0.460. The molecule has 6 heteroatoms. The highest BCUT2D eigenvalue weighted by Crippen LogP contribution is 2.19. The molecule has 1 heterocycles. The van der Waals surface area contributed by atoms with Gasteiger partial charge in [-0.2, -0.15) is 0 Å². The largest absolute Gasteiger partial charge is 0.352 e. The van der Waals surface area contributed by atoms with Crippen molar-refractivity contribution in [3.05, 3.63) is 35.4 Å². The first-order chi connectivity index (χ1) is 13.0. The van der Waals surface area contributed by atoms with Gasteiger partial charge in [0.2, 0.25) is 11.8 Å². The van der Waals surface area contributed by atoms with Gasteiger partial charge in [0.1, 0.15) is 6.04 Å². The summed E-state index contributed by atoms with van der Waals surface area (Å²) in [5.74, 6) is 0.238. The molecule has 2 aliphatic rings. The lowest BCUT2D eigenvalue weighted by molar-refractivity contribution is -0.131. The van der Waals surface area contributed by atoms with Crippen molar-refractivity contribution in [1.29, 1.82) is 0 Å². The molecule has 3 rings (SSSR count). The van der Waals surface area contributed by atoms with Crippen molar-refractivity contribution < 1.29 is 9.59 Å². The summed E-state index contributed by atoms with van der Waals surface area (Å²) in [6.45, 7) is 4.86. The summed E-state index contributed by atoms with van der Waals surface area (Å²) in [7, 11) is 0. The molecule has 5 nitrogen and oxygen atoms in total. The van der Waals surface area contributed by atoms with E-state index in [-0.39, 0.29) is 36.3 Å². The Morgan fingerprint density at radius 3 is 2.46 bits per heavy atom. The first-order valence-corrected chi connectivity index (χ1v) is 10.4. The number of fused-ring (bicyclic) bond motifs is 1. The molecule has 1 fully saturated rings. The van der Waals surface area contributed by atoms with Crippen LogP contribution in [0, 0.1) is 5.92 Å². The average Bonchev–Trinajstić information content (AvgIpc) is 2.67. The van der Waals surface area contributed by atoms with Crippen molar-refractivity contribution in [3.8, 4) is 0 Å². The molecule has 0 radical (unpaired) electrons. The number of amides is 2. The van der Waals surface area contributed by atoms with Gasteiger partial charge in [0, 0.05) is 12.6 Å². The third-order valence-corrected chi connectivity index (χ3v) is 5.69. The maximum atomic E-state index is 12.8. The van der Waals surface area contributed by atoms with E-state index in [0.717, 1.165) is 12.8 Å². The second kappa shape index (κ2) is 10.8. The van der Waals surface area contributed by atoms with Gasteiger partial charge < -0.3 is 16.0 Å². The lowest BCUT2D eigenvalue weighted by atomic mass is 9.94. The summed E-state index contributed by atoms with van der Waals surface area (Å²) >= 11 is 0. The summed E-state index contributed by atoms with van der Waals surface area (Å²) in [5, 5.41) is 9.51. The van der Waals surface area contributed by atoms with Crippen LogP contribution in [0.5, 0.6) is 0 Å². The molecule has 2 amide bonds. The number of benzene rings is 1. The van der Waals surface area contributed by atoms with E-state index in [1.807, 2.05) is 12.1 Å². The first kappa shape index (κ1) is 22.7. The third kappa shape index (κ3) is 6.21. The first-order valence-electron chi connectivity index (χ1n) is 10.4. The van der Waals surface area contributed by atoms with Gasteiger partial charge in [-0.15, -0.1) is 12.4 Å². The molecule has 2 atom stereocenters. The predicted octanol–water partition coefficient (Wildman–Crippen LogP) is 3.10. The quantitative estimate of drug-likeness (QED) is 0.678. The Hall–Kier alpha value is -1.59. The normalized spacial score (nSPS) is 20.6. The SMILES string of the molecule is CC(C)C[C@H](NC(=O)[C@@H]1Cc2ccccc2CN1)C(=O)NC1CCCCC1.Cl. The van der Waals surface area contributed by atoms with Crippen molar-refractivity contribution in [2.24, 2.45) is 5.92 Å². The molecule has 0 saturated heterocycles. The standard InChI is InChI=1S/C22H33N3O2.ClH/c1-15(2)12-20(22(27)24-18-10-4-3-5-11-18)25-21(26)19-13-16-8-6-7-9-17(16)14-23-19;/h6-9,15,18-20,23H,3-5,10-14H2,1-2H3,(H,24,27)(H,25,26);1H/t19-,20-;/m0./s1. The Bertz CT molecular complexity index is 659. The van der Waals surface area contributed by atoms with Crippen LogP contribution in [0.2, 0.25) is 0 Å². The average molecular weight is 408 g/mol. The van der Waals surface area contributed by atoms with Crippen LogP contribution in [0.3, 0.4) is 0 Å². The van der Waals surface area contributed by atoms with Crippen LogP contribution < -0.4 is 16.0 Å². The Kier molecular flexibility index (Phi) is 8.77. The second-order valence-electron chi connectivity index (χ2n) is 8.44. The monoisotopic (exact) mass is 407 g/mol.